The smallest absolute Gasteiger partial charge is 0.325 e. The molecule has 0 bridgehead atoms. The van der Waals surface area contributed by atoms with Crippen LogP contribution in [0.3, 0.4) is 0 Å². The molecule has 1 aliphatic rings. The van der Waals surface area contributed by atoms with Gasteiger partial charge in [-0.1, -0.05) is 12.1 Å². The highest BCUT2D eigenvalue weighted by molar-refractivity contribution is 5.96. The second kappa shape index (κ2) is 8.24. The highest BCUT2D eigenvalue weighted by Crippen LogP contribution is 2.32. The average molecular weight is 357 g/mol. The van der Waals surface area contributed by atoms with Gasteiger partial charge in [0.1, 0.15) is 25.5 Å². The molecule has 0 aliphatic carbocycles. The van der Waals surface area contributed by atoms with E-state index in [1.165, 1.54) is 0 Å². The first-order chi connectivity index (χ1) is 12.6. The van der Waals surface area contributed by atoms with Crippen molar-refractivity contribution in [1.82, 2.24) is 5.32 Å². The molecule has 3 rings (SSSR count). The normalized spacial score (nSPS) is 11.7. The van der Waals surface area contributed by atoms with E-state index in [-0.39, 0.29) is 26.6 Å². The van der Waals surface area contributed by atoms with Crippen molar-refractivity contribution in [2.75, 3.05) is 26.6 Å². The molecule has 136 valence electrons. The number of nitrogens with one attached hydrogen (secondary N) is 1. The van der Waals surface area contributed by atoms with Crippen LogP contribution >= 0.6 is 0 Å². The monoisotopic (exact) mass is 357 g/mol. The molecule has 0 spiro atoms. The standard InChI is InChI=1S/C19H19NO6/c1-13-3-2-4-15(9-13)23-7-8-24-18(21)11-20-19(22)14-5-6-16-17(10-14)26-12-25-16/h2-6,9-10H,7-8,11-12H2,1H3,(H,20,22). The van der Waals surface area contributed by atoms with Gasteiger partial charge in [-0.25, -0.2) is 0 Å². The van der Waals surface area contributed by atoms with Crippen LogP contribution in [0.25, 0.3) is 0 Å². The van der Waals surface area contributed by atoms with Gasteiger partial charge in [-0.3, -0.25) is 9.59 Å². The molecule has 0 radical (unpaired) electrons. The van der Waals surface area contributed by atoms with Crippen molar-refractivity contribution >= 4 is 11.9 Å². The predicted octanol–water partition coefficient (Wildman–Crippen LogP) is 2.08. The van der Waals surface area contributed by atoms with Gasteiger partial charge >= 0.3 is 5.97 Å². The Bertz CT molecular complexity index is 804. The van der Waals surface area contributed by atoms with Gasteiger partial charge in [0.05, 0.1) is 0 Å². The second-order valence-corrected chi connectivity index (χ2v) is 5.64. The zero-order chi connectivity index (χ0) is 18.4. The number of benzene rings is 2. The molecule has 0 fully saturated rings. The van der Waals surface area contributed by atoms with Crippen LogP contribution in [0.1, 0.15) is 15.9 Å². The fourth-order valence-electron chi connectivity index (χ4n) is 2.36. The summed E-state index contributed by atoms with van der Waals surface area (Å²) in [4.78, 5) is 23.8. The first-order valence-electron chi connectivity index (χ1n) is 8.15. The summed E-state index contributed by atoms with van der Waals surface area (Å²) in [6.45, 7) is 2.22. The number of aryl methyl sites for hydroxylation is 1. The number of rotatable bonds is 7. The molecule has 26 heavy (non-hydrogen) atoms. The van der Waals surface area contributed by atoms with Crippen molar-refractivity contribution in [1.29, 1.82) is 0 Å². The molecule has 1 heterocycles. The highest BCUT2D eigenvalue weighted by Gasteiger charge is 2.16. The summed E-state index contributed by atoms with van der Waals surface area (Å²) in [5.74, 6) is 0.892. The SMILES string of the molecule is Cc1cccc(OCCOC(=O)CNC(=O)c2ccc3c(c2)OCO3)c1. The number of ether oxygens (including phenoxy) is 4. The van der Waals surface area contributed by atoms with E-state index in [2.05, 4.69) is 5.32 Å². The van der Waals surface area contributed by atoms with Crippen molar-refractivity contribution in [3.05, 3.63) is 53.6 Å². The number of hydrogen-bond donors (Lipinski definition) is 1. The Kier molecular flexibility index (Phi) is 5.58. The number of amides is 1. The Morgan fingerprint density at radius 3 is 2.77 bits per heavy atom. The first-order valence-corrected chi connectivity index (χ1v) is 8.15. The number of fused-ring (bicyclic) bond motifs is 1. The van der Waals surface area contributed by atoms with Gasteiger partial charge < -0.3 is 24.3 Å². The van der Waals surface area contributed by atoms with Crippen LogP contribution in [0.15, 0.2) is 42.5 Å². The molecule has 2 aromatic rings. The first kappa shape index (κ1) is 17.6. The van der Waals surface area contributed by atoms with Crippen LogP contribution in [0.5, 0.6) is 17.2 Å². The quantitative estimate of drug-likeness (QED) is 0.603. The van der Waals surface area contributed by atoms with Crippen LogP contribution < -0.4 is 19.5 Å². The molecule has 0 atom stereocenters. The summed E-state index contributed by atoms with van der Waals surface area (Å²) < 4.78 is 20.9. The van der Waals surface area contributed by atoms with E-state index in [0.29, 0.717) is 17.1 Å². The zero-order valence-corrected chi connectivity index (χ0v) is 14.3. The summed E-state index contributed by atoms with van der Waals surface area (Å²) in [5, 5.41) is 2.51. The fourth-order valence-corrected chi connectivity index (χ4v) is 2.36. The lowest BCUT2D eigenvalue weighted by Gasteiger charge is -2.09. The van der Waals surface area contributed by atoms with Crippen molar-refractivity contribution < 1.29 is 28.5 Å². The van der Waals surface area contributed by atoms with Gasteiger partial charge in [-0.2, -0.15) is 0 Å². The summed E-state index contributed by atoms with van der Waals surface area (Å²) >= 11 is 0. The molecule has 1 amide bonds. The molecule has 0 saturated carbocycles. The van der Waals surface area contributed by atoms with E-state index >= 15 is 0 Å². The third-order valence-electron chi connectivity index (χ3n) is 3.63. The fraction of sp³-hybridized carbons (Fsp3) is 0.263. The van der Waals surface area contributed by atoms with Crippen molar-refractivity contribution in [3.8, 4) is 17.2 Å². The maximum atomic E-state index is 12.1. The topological polar surface area (TPSA) is 83.1 Å². The van der Waals surface area contributed by atoms with Gasteiger partial charge in [0.25, 0.3) is 5.91 Å². The Balaban J connectivity index is 1.36. The van der Waals surface area contributed by atoms with Crippen LogP contribution in [-0.4, -0.2) is 38.4 Å². The van der Waals surface area contributed by atoms with Gasteiger partial charge in [0.2, 0.25) is 6.79 Å². The second-order valence-electron chi connectivity index (χ2n) is 5.64. The Labute approximate surface area is 150 Å². The lowest BCUT2D eigenvalue weighted by atomic mass is 10.2. The minimum absolute atomic E-state index is 0.104. The van der Waals surface area contributed by atoms with E-state index in [1.54, 1.807) is 18.2 Å². The van der Waals surface area contributed by atoms with Gasteiger partial charge in [-0.15, -0.1) is 0 Å². The number of carbonyl (C=O) groups is 2. The minimum Gasteiger partial charge on any atom is -0.490 e. The number of hydrogen-bond acceptors (Lipinski definition) is 6. The number of esters is 1. The lowest BCUT2D eigenvalue weighted by molar-refractivity contribution is -0.143. The summed E-state index contributed by atoms with van der Waals surface area (Å²) in [5.41, 5.74) is 1.47. The van der Waals surface area contributed by atoms with Crippen molar-refractivity contribution in [2.45, 2.75) is 6.92 Å². The zero-order valence-electron chi connectivity index (χ0n) is 14.3. The molecular weight excluding hydrogens is 338 g/mol. The Morgan fingerprint density at radius 1 is 1.08 bits per heavy atom. The summed E-state index contributed by atoms with van der Waals surface area (Å²) in [6, 6.07) is 12.4. The van der Waals surface area contributed by atoms with Gasteiger partial charge in [0.15, 0.2) is 11.5 Å². The van der Waals surface area contributed by atoms with Crippen molar-refractivity contribution in [2.24, 2.45) is 0 Å². The van der Waals surface area contributed by atoms with E-state index in [0.717, 1.165) is 11.3 Å². The summed E-state index contributed by atoms with van der Waals surface area (Å²) in [6.07, 6.45) is 0. The van der Waals surface area contributed by atoms with Crippen LogP contribution in [0.2, 0.25) is 0 Å². The van der Waals surface area contributed by atoms with E-state index in [1.807, 2.05) is 31.2 Å². The largest absolute Gasteiger partial charge is 0.490 e. The molecule has 7 nitrogen and oxygen atoms in total. The summed E-state index contributed by atoms with van der Waals surface area (Å²) in [7, 11) is 0. The van der Waals surface area contributed by atoms with Crippen molar-refractivity contribution in [3.63, 3.8) is 0 Å². The van der Waals surface area contributed by atoms with Crippen LogP contribution in [-0.2, 0) is 9.53 Å². The number of carbonyl (C=O) groups excluding carboxylic acids is 2. The maximum Gasteiger partial charge on any atom is 0.325 e. The van der Waals surface area contributed by atoms with Crippen LogP contribution in [0, 0.1) is 6.92 Å². The van der Waals surface area contributed by atoms with E-state index in [9.17, 15) is 9.59 Å². The lowest BCUT2D eigenvalue weighted by Crippen LogP contribution is -2.31. The van der Waals surface area contributed by atoms with Gasteiger partial charge in [0, 0.05) is 5.56 Å². The average Bonchev–Trinajstić information content (AvgIpc) is 3.11. The van der Waals surface area contributed by atoms with E-state index < -0.39 is 11.9 Å². The third-order valence-corrected chi connectivity index (χ3v) is 3.63. The van der Waals surface area contributed by atoms with Gasteiger partial charge in [-0.05, 0) is 42.8 Å². The minimum atomic E-state index is -0.535. The molecule has 0 unspecified atom stereocenters. The molecule has 0 aromatic heterocycles. The maximum absolute atomic E-state index is 12.1. The molecule has 7 heteroatoms. The molecule has 1 N–H and O–H groups in total. The molecule has 1 aliphatic heterocycles. The van der Waals surface area contributed by atoms with Crippen LogP contribution in [0.4, 0.5) is 0 Å². The predicted molar refractivity (Wildman–Crippen MR) is 92.5 cm³/mol. The highest BCUT2D eigenvalue weighted by atomic mass is 16.7. The molecule has 2 aromatic carbocycles. The molecular formula is C19H19NO6. The van der Waals surface area contributed by atoms with E-state index in [4.69, 9.17) is 18.9 Å². The molecule has 0 saturated heterocycles. The third kappa shape index (κ3) is 4.66. The Hall–Kier alpha value is -3.22. The Morgan fingerprint density at radius 2 is 1.92 bits per heavy atom.